The van der Waals surface area contributed by atoms with Gasteiger partial charge in [-0.1, -0.05) is 0 Å². The van der Waals surface area contributed by atoms with Crippen molar-refractivity contribution in [2.45, 2.75) is 0 Å². The fraction of sp³-hybridized carbons (Fsp3) is 0. The SMILES string of the molecule is O=S(=O)([O-])[O-].O=S(=O)([O-])[O-].O=S(=O)([O-])[O-].O=S(=O)([O-])[O-].O=S(=O)([O-])[O-].[Cu+2].[Cu+2].[Cu+2].[Cu+2].[Cu+2]. The summed E-state index contributed by atoms with van der Waals surface area (Å²) in [6, 6.07) is 0. The summed E-state index contributed by atoms with van der Waals surface area (Å²) in [5, 5.41) is 0. The molecule has 0 aromatic rings. The Hall–Kier alpha value is 1.95. The van der Waals surface area contributed by atoms with Crippen molar-refractivity contribution in [1.29, 1.82) is 0 Å². The predicted octanol–water partition coefficient (Wildman–Crippen LogP) is -6.70. The van der Waals surface area contributed by atoms with E-state index in [1.807, 2.05) is 0 Å². The first-order chi connectivity index (χ1) is 10.0. The molecular formula is Cu5O20S5. The Morgan fingerprint density at radius 1 is 0.233 bits per heavy atom. The zero-order chi connectivity index (χ0) is 22.5. The van der Waals surface area contributed by atoms with Crippen molar-refractivity contribution < 1.29 is 173 Å². The zero-order valence-electron chi connectivity index (χ0n) is 11.7. The van der Waals surface area contributed by atoms with Gasteiger partial charge in [0.1, 0.15) is 0 Å². The maximum absolute atomic E-state index is 8.52. The molecule has 0 atom stereocenters. The summed E-state index contributed by atoms with van der Waals surface area (Å²) in [6.45, 7) is 0. The van der Waals surface area contributed by atoms with Gasteiger partial charge in [0.25, 0.3) is 0 Å². The van der Waals surface area contributed by atoms with Gasteiger partial charge in [-0.3, -0.25) is 42.1 Å². The van der Waals surface area contributed by atoms with E-state index >= 15 is 0 Å². The van der Waals surface area contributed by atoms with Gasteiger partial charge in [-0.05, 0) is 0 Å². The molecule has 0 fully saturated rings. The van der Waals surface area contributed by atoms with Crippen LogP contribution in [0.4, 0.5) is 0 Å². The van der Waals surface area contributed by atoms with Crippen molar-refractivity contribution in [2.24, 2.45) is 0 Å². The average molecular weight is 798 g/mol. The molecule has 0 rings (SSSR count). The fourth-order valence-corrected chi connectivity index (χ4v) is 0. The van der Waals surface area contributed by atoms with E-state index in [0.717, 1.165) is 0 Å². The predicted molar refractivity (Wildman–Crippen MR) is 52.4 cm³/mol. The quantitative estimate of drug-likeness (QED) is 0.125. The van der Waals surface area contributed by atoms with Crippen LogP contribution in [0.3, 0.4) is 0 Å². The van der Waals surface area contributed by atoms with Crippen molar-refractivity contribution in [2.75, 3.05) is 0 Å². The third-order valence-corrected chi connectivity index (χ3v) is 0. The Bertz CT molecular complexity index is 628. The average Bonchev–Trinajstić information content (AvgIpc) is 1.79. The molecule has 0 aromatic carbocycles. The number of rotatable bonds is 0. The van der Waals surface area contributed by atoms with Crippen molar-refractivity contribution in [3.63, 3.8) is 0 Å². The van der Waals surface area contributed by atoms with Crippen LogP contribution in [-0.2, 0) is 137 Å². The molecule has 0 aliphatic heterocycles. The second-order valence-electron chi connectivity index (χ2n) is 2.04. The number of hydrogen-bond donors (Lipinski definition) is 0. The van der Waals surface area contributed by atoms with Crippen LogP contribution in [0.1, 0.15) is 0 Å². The summed E-state index contributed by atoms with van der Waals surface area (Å²) in [4.78, 5) is 0. The standard InChI is InChI=1S/5Cu.5H2O4S/c;;;;;5*1-5(2,3)4/h;;;;;5*(H2,1,2,3,4)/q5*+2;;;;;/p-10. The van der Waals surface area contributed by atoms with Crippen LogP contribution in [0.2, 0.25) is 0 Å². The maximum atomic E-state index is 8.52. The molecule has 0 bridgehead atoms. The molecule has 0 aliphatic rings. The molecule has 0 N–H and O–H groups in total. The molecule has 0 spiro atoms. The summed E-state index contributed by atoms with van der Waals surface area (Å²) < 4.78 is 170. The van der Waals surface area contributed by atoms with Gasteiger partial charge >= 0.3 is 85.3 Å². The zero-order valence-corrected chi connectivity index (χ0v) is 20.5. The van der Waals surface area contributed by atoms with Gasteiger partial charge < -0.3 is 45.5 Å². The summed E-state index contributed by atoms with van der Waals surface area (Å²) in [7, 11) is -25.8. The van der Waals surface area contributed by atoms with E-state index in [1.54, 1.807) is 0 Å². The van der Waals surface area contributed by atoms with Gasteiger partial charge in [0, 0.05) is 52.0 Å². The van der Waals surface area contributed by atoms with E-state index < -0.39 is 52.0 Å². The largest absolute Gasteiger partial charge is 2.00 e. The Morgan fingerprint density at radius 3 is 0.233 bits per heavy atom. The van der Waals surface area contributed by atoms with Gasteiger partial charge in [0.05, 0.1) is 0 Å². The van der Waals surface area contributed by atoms with Gasteiger partial charge in [-0.2, -0.15) is 0 Å². The van der Waals surface area contributed by atoms with Gasteiger partial charge in [-0.25, -0.2) is 0 Å². The van der Waals surface area contributed by atoms with Crippen LogP contribution < -0.4 is 0 Å². The molecule has 0 amide bonds. The molecule has 0 saturated heterocycles. The Balaban J connectivity index is -0.0000000200. The monoisotopic (exact) mass is 794 g/mol. The molecule has 0 saturated carbocycles. The maximum Gasteiger partial charge on any atom is 2.00 e. The minimum absolute atomic E-state index is 0. The first-order valence-electron chi connectivity index (χ1n) is 3.33. The Labute approximate surface area is 223 Å². The molecular weight excluding hydrogens is 798 g/mol. The third-order valence-electron chi connectivity index (χ3n) is 0. The normalized spacial score (nSPS) is 9.67. The fourth-order valence-electron chi connectivity index (χ4n) is 0. The molecule has 30 heteroatoms. The minimum Gasteiger partial charge on any atom is -0.759 e. The van der Waals surface area contributed by atoms with Crippen LogP contribution >= 0.6 is 0 Å². The first-order valence-corrected chi connectivity index (χ1v) is 10.0. The second-order valence-corrected chi connectivity index (χ2v) is 6.12. The van der Waals surface area contributed by atoms with E-state index in [-0.39, 0.29) is 85.3 Å². The van der Waals surface area contributed by atoms with E-state index in [2.05, 4.69) is 0 Å². The van der Waals surface area contributed by atoms with Crippen molar-refractivity contribution in [1.82, 2.24) is 0 Å². The molecule has 205 valence electrons. The van der Waals surface area contributed by atoms with Crippen LogP contribution in [0.25, 0.3) is 0 Å². The van der Waals surface area contributed by atoms with E-state index in [4.69, 9.17) is 87.6 Å². The summed E-state index contributed by atoms with van der Waals surface area (Å²) >= 11 is 0. The van der Waals surface area contributed by atoms with Gasteiger partial charge in [-0.15, -0.1) is 0 Å². The Morgan fingerprint density at radius 2 is 0.233 bits per heavy atom. The molecule has 0 unspecified atom stereocenters. The van der Waals surface area contributed by atoms with Crippen molar-refractivity contribution >= 4 is 52.0 Å². The molecule has 20 nitrogen and oxygen atoms in total. The number of hydrogen-bond acceptors (Lipinski definition) is 20. The third kappa shape index (κ3) is 6620. The molecule has 0 aromatic heterocycles. The van der Waals surface area contributed by atoms with Gasteiger partial charge in [0.15, 0.2) is 0 Å². The second kappa shape index (κ2) is 27.2. The smallest absolute Gasteiger partial charge is 0.759 e. The topological polar surface area (TPSA) is 401 Å². The first kappa shape index (κ1) is 63.5. The van der Waals surface area contributed by atoms with Crippen LogP contribution in [0.15, 0.2) is 0 Å². The minimum atomic E-state index is -5.17. The molecule has 0 aliphatic carbocycles. The van der Waals surface area contributed by atoms with Crippen molar-refractivity contribution in [3.05, 3.63) is 0 Å². The van der Waals surface area contributed by atoms with Crippen LogP contribution in [0.5, 0.6) is 0 Å². The molecule has 0 heterocycles. The van der Waals surface area contributed by atoms with Crippen molar-refractivity contribution in [3.8, 4) is 0 Å². The molecule has 30 heavy (non-hydrogen) atoms. The van der Waals surface area contributed by atoms with Gasteiger partial charge in [0.2, 0.25) is 0 Å². The van der Waals surface area contributed by atoms with Crippen LogP contribution in [-0.4, -0.2) is 87.6 Å². The summed E-state index contributed by atoms with van der Waals surface area (Å²) in [5.74, 6) is 0. The summed E-state index contributed by atoms with van der Waals surface area (Å²) in [6.07, 6.45) is 0. The molecule has 5 radical (unpaired) electrons. The van der Waals surface area contributed by atoms with Crippen LogP contribution in [0, 0.1) is 0 Å². The van der Waals surface area contributed by atoms with E-state index in [1.165, 1.54) is 0 Å². The van der Waals surface area contributed by atoms with E-state index in [9.17, 15) is 0 Å². The Kier molecular flexibility index (Phi) is 57.6. The summed E-state index contributed by atoms with van der Waals surface area (Å²) in [5.41, 5.74) is 0. The van der Waals surface area contributed by atoms with E-state index in [0.29, 0.717) is 0 Å².